The van der Waals surface area contributed by atoms with Gasteiger partial charge in [0.1, 0.15) is 5.75 Å². The monoisotopic (exact) mass is 273 g/mol. The van der Waals surface area contributed by atoms with E-state index in [0.717, 1.165) is 16.8 Å². The van der Waals surface area contributed by atoms with Gasteiger partial charge in [0.2, 0.25) is 0 Å². The minimum Gasteiger partial charge on any atom is -0.508 e. The molecule has 3 heteroatoms. The quantitative estimate of drug-likeness (QED) is 0.799. The van der Waals surface area contributed by atoms with Crippen LogP contribution in [-0.2, 0) is 0 Å². The highest BCUT2D eigenvalue weighted by Gasteiger charge is 2.10. The second kappa shape index (κ2) is 6.02. The van der Waals surface area contributed by atoms with Crippen molar-refractivity contribution >= 4 is 17.4 Å². The van der Waals surface area contributed by atoms with Gasteiger partial charge < -0.3 is 10.4 Å². The van der Waals surface area contributed by atoms with Crippen LogP contribution in [-0.4, -0.2) is 11.4 Å². The molecule has 0 aliphatic rings. The normalized spacial score (nSPS) is 12.2. The lowest BCUT2D eigenvalue weighted by Gasteiger charge is -2.17. The summed E-state index contributed by atoms with van der Waals surface area (Å²) < 4.78 is 0. The van der Waals surface area contributed by atoms with E-state index >= 15 is 0 Å². The zero-order valence-electron chi connectivity index (χ0n) is 11.5. The van der Waals surface area contributed by atoms with Gasteiger partial charge in [0.15, 0.2) is 0 Å². The predicted octanol–water partition coefficient (Wildman–Crippen LogP) is 4.60. The molecule has 2 aromatic rings. The molecule has 0 spiro atoms. The van der Waals surface area contributed by atoms with Crippen molar-refractivity contribution in [1.82, 2.24) is 0 Å². The first-order chi connectivity index (χ1) is 9.10. The van der Waals surface area contributed by atoms with Crippen molar-refractivity contribution in [3.8, 4) is 5.75 Å². The number of hydrogen-bond acceptors (Lipinski definition) is 3. The molecule has 2 aromatic carbocycles. The zero-order valence-corrected chi connectivity index (χ0v) is 12.3. The van der Waals surface area contributed by atoms with Crippen molar-refractivity contribution in [2.45, 2.75) is 24.8 Å². The van der Waals surface area contributed by atoms with Crippen LogP contribution in [0.15, 0.2) is 47.4 Å². The number of rotatable bonds is 4. The second-order valence-electron chi connectivity index (χ2n) is 4.66. The molecule has 0 aromatic heterocycles. The van der Waals surface area contributed by atoms with E-state index < -0.39 is 0 Å². The van der Waals surface area contributed by atoms with E-state index in [1.54, 1.807) is 17.8 Å². The van der Waals surface area contributed by atoms with Crippen molar-refractivity contribution in [2.75, 3.05) is 11.6 Å². The summed E-state index contributed by atoms with van der Waals surface area (Å²) in [5.74, 6) is 0.339. The van der Waals surface area contributed by atoms with Gasteiger partial charge in [0.25, 0.3) is 0 Å². The number of nitrogens with one attached hydrogen (secondary N) is 1. The maximum Gasteiger partial charge on any atom is 0.120 e. The van der Waals surface area contributed by atoms with Gasteiger partial charge in [-0.15, -0.1) is 11.8 Å². The Labute approximate surface area is 118 Å². The van der Waals surface area contributed by atoms with Gasteiger partial charge in [-0.1, -0.05) is 17.7 Å². The van der Waals surface area contributed by atoms with Crippen molar-refractivity contribution in [3.63, 3.8) is 0 Å². The fourth-order valence-corrected chi connectivity index (χ4v) is 2.44. The van der Waals surface area contributed by atoms with E-state index in [0.29, 0.717) is 5.75 Å². The second-order valence-corrected chi connectivity index (χ2v) is 5.54. The Bertz CT molecular complexity index is 551. The van der Waals surface area contributed by atoms with Crippen molar-refractivity contribution in [3.05, 3.63) is 53.6 Å². The van der Waals surface area contributed by atoms with Gasteiger partial charge in [-0.3, -0.25) is 0 Å². The Morgan fingerprint density at radius 1 is 1.11 bits per heavy atom. The third kappa shape index (κ3) is 3.44. The summed E-state index contributed by atoms with van der Waals surface area (Å²) in [6.45, 7) is 4.08. The van der Waals surface area contributed by atoms with Gasteiger partial charge in [-0.25, -0.2) is 0 Å². The van der Waals surface area contributed by atoms with Gasteiger partial charge >= 0.3 is 0 Å². The van der Waals surface area contributed by atoms with Crippen LogP contribution in [0.3, 0.4) is 0 Å². The molecule has 1 atom stereocenters. The molecule has 0 radical (unpaired) electrons. The number of anilines is 1. The van der Waals surface area contributed by atoms with E-state index in [4.69, 9.17) is 0 Å². The summed E-state index contributed by atoms with van der Waals surface area (Å²) in [6.07, 6.45) is 2.07. The van der Waals surface area contributed by atoms with Crippen LogP contribution >= 0.6 is 11.8 Å². The van der Waals surface area contributed by atoms with Crippen LogP contribution in [0.4, 0.5) is 5.69 Å². The molecule has 19 heavy (non-hydrogen) atoms. The number of phenols is 1. The third-order valence-electron chi connectivity index (χ3n) is 3.12. The number of aryl methyl sites for hydroxylation is 1. The Morgan fingerprint density at radius 2 is 1.79 bits per heavy atom. The molecule has 0 fully saturated rings. The van der Waals surface area contributed by atoms with E-state index in [2.05, 4.69) is 42.8 Å². The summed E-state index contributed by atoms with van der Waals surface area (Å²) >= 11 is 1.73. The summed E-state index contributed by atoms with van der Waals surface area (Å²) in [5, 5.41) is 13.3. The molecule has 2 rings (SSSR count). The Balaban J connectivity index is 2.15. The van der Waals surface area contributed by atoms with Crippen LogP contribution in [0, 0.1) is 6.92 Å². The lowest BCUT2D eigenvalue weighted by Crippen LogP contribution is -2.07. The van der Waals surface area contributed by atoms with E-state index in [1.165, 1.54) is 4.90 Å². The SMILES string of the molecule is CSc1ccc(NC(C)c2cc(C)ccc2O)cc1. The van der Waals surface area contributed by atoms with E-state index in [-0.39, 0.29) is 6.04 Å². The number of aromatic hydroxyl groups is 1. The van der Waals surface area contributed by atoms with Crippen molar-refractivity contribution in [1.29, 1.82) is 0 Å². The molecular formula is C16H19NOS. The number of hydrogen-bond donors (Lipinski definition) is 2. The molecule has 2 N–H and O–H groups in total. The lowest BCUT2D eigenvalue weighted by molar-refractivity contribution is 0.465. The van der Waals surface area contributed by atoms with E-state index in [9.17, 15) is 5.11 Å². The smallest absolute Gasteiger partial charge is 0.120 e. The molecule has 100 valence electrons. The molecule has 2 nitrogen and oxygen atoms in total. The average Bonchev–Trinajstić information content (AvgIpc) is 2.42. The Hall–Kier alpha value is -1.61. The Morgan fingerprint density at radius 3 is 2.42 bits per heavy atom. The highest BCUT2D eigenvalue weighted by atomic mass is 32.2. The molecule has 0 amide bonds. The fraction of sp³-hybridized carbons (Fsp3) is 0.250. The van der Waals surface area contributed by atoms with Crippen LogP contribution < -0.4 is 5.32 Å². The highest BCUT2D eigenvalue weighted by Crippen LogP contribution is 2.28. The summed E-state index contributed by atoms with van der Waals surface area (Å²) in [7, 11) is 0. The molecule has 1 unspecified atom stereocenters. The maximum atomic E-state index is 9.92. The average molecular weight is 273 g/mol. The topological polar surface area (TPSA) is 32.3 Å². The standard InChI is InChI=1S/C16H19NOS/c1-11-4-9-16(18)15(10-11)12(2)17-13-5-7-14(19-3)8-6-13/h4-10,12,17-18H,1-3H3. The summed E-state index contributed by atoms with van der Waals surface area (Å²) in [5.41, 5.74) is 3.14. The Kier molecular flexibility index (Phi) is 4.38. The molecule has 0 aliphatic carbocycles. The van der Waals surface area contributed by atoms with Crippen molar-refractivity contribution < 1.29 is 5.11 Å². The molecule has 0 bridgehead atoms. The van der Waals surface area contributed by atoms with Gasteiger partial charge in [0, 0.05) is 16.1 Å². The zero-order chi connectivity index (χ0) is 13.8. The van der Waals surface area contributed by atoms with Gasteiger partial charge in [0.05, 0.1) is 6.04 Å². The number of thioether (sulfide) groups is 1. The summed E-state index contributed by atoms with van der Waals surface area (Å²) in [4.78, 5) is 1.25. The highest BCUT2D eigenvalue weighted by molar-refractivity contribution is 7.98. The summed E-state index contributed by atoms with van der Waals surface area (Å²) in [6, 6.07) is 14.1. The van der Waals surface area contributed by atoms with E-state index in [1.807, 2.05) is 19.1 Å². The van der Waals surface area contributed by atoms with Gasteiger partial charge in [-0.05, 0) is 50.4 Å². The largest absolute Gasteiger partial charge is 0.508 e. The minimum absolute atomic E-state index is 0.0695. The van der Waals surface area contributed by atoms with Crippen LogP contribution in [0.2, 0.25) is 0 Å². The first-order valence-corrected chi connectivity index (χ1v) is 7.52. The molecular weight excluding hydrogens is 254 g/mol. The van der Waals surface area contributed by atoms with Gasteiger partial charge in [-0.2, -0.15) is 0 Å². The molecule has 0 saturated heterocycles. The van der Waals surface area contributed by atoms with Crippen LogP contribution in [0.5, 0.6) is 5.75 Å². The first kappa shape index (κ1) is 13.8. The maximum absolute atomic E-state index is 9.92. The first-order valence-electron chi connectivity index (χ1n) is 6.30. The molecule has 0 heterocycles. The van der Waals surface area contributed by atoms with Crippen molar-refractivity contribution in [2.24, 2.45) is 0 Å². The third-order valence-corrected chi connectivity index (χ3v) is 3.87. The molecule has 0 saturated carbocycles. The fourth-order valence-electron chi connectivity index (χ4n) is 2.04. The van der Waals surface area contributed by atoms with Crippen LogP contribution in [0.25, 0.3) is 0 Å². The predicted molar refractivity (Wildman–Crippen MR) is 83.1 cm³/mol. The van der Waals surface area contributed by atoms with Crippen LogP contribution in [0.1, 0.15) is 24.1 Å². The number of benzene rings is 2. The number of phenolic OH excluding ortho intramolecular Hbond substituents is 1. The minimum atomic E-state index is 0.0695. The lowest BCUT2D eigenvalue weighted by atomic mass is 10.0. The molecule has 0 aliphatic heterocycles.